The number of esters is 1. The highest BCUT2D eigenvalue weighted by molar-refractivity contribution is 6.12. The van der Waals surface area contributed by atoms with Gasteiger partial charge >= 0.3 is 12.1 Å². The predicted octanol–water partition coefficient (Wildman–Crippen LogP) is 5.04. The largest absolute Gasteiger partial charge is 0.450 e. The normalized spacial score (nSPS) is 18.5. The maximum atomic E-state index is 13.2. The monoisotopic (exact) mass is 458 g/mol. The number of benzene rings is 2. The van der Waals surface area contributed by atoms with Crippen molar-refractivity contribution in [2.45, 2.75) is 38.5 Å². The number of likely N-dealkylation sites (tertiary alicyclic amines) is 1. The number of rotatable bonds is 4. The van der Waals surface area contributed by atoms with Gasteiger partial charge in [-0.25, -0.2) is 4.79 Å². The molecule has 0 saturated carbocycles. The van der Waals surface area contributed by atoms with Gasteiger partial charge < -0.3 is 15.0 Å². The Morgan fingerprint density at radius 3 is 2.36 bits per heavy atom. The fraction of sp³-hybridized carbons (Fsp3) is 0.360. The summed E-state index contributed by atoms with van der Waals surface area (Å²) in [5.74, 6) is -0.861. The molecule has 1 spiro atoms. The van der Waals surface area contributed by atoms with Crippen molar-refractivity contribution in [2.75, 3.05) is 25.0 Å². The van der Waals surface area contributed by atoms with Crippen molar-refractivity contribution < 1.29 is 27.5 Å². The molecule has 0 atom stereocenters. The Hall–Kier alpha value is -3.13. The number of ether oxygens (including phenoxy) is 1. The average molecular weight is 458 g/mol. The first-order valence-electron chi connectivity index (χ1n) is 10.9. The number of nitrogens with zero attached hydrogens (tertiary/aromatic N) is 1. The summed E-state index contributed by atoms with van der Waals surface area (Å²) in [5, 5.41) is 2.82. The molecule has 1 N–H and O–H groups in total. The molecule has 0 radical (unpaired) electrons. The molecule has 0 bridgehead atoms. The van der Waals surface area contributed by atoms with Crippen molar-refractivity contribution in [3.05, 3.63) is 65.2 Å². The van der Waals surface area contributed by atoms with Gasteiger partial charge in [0.25, 0.3) is 5.91 Å². The molecule has 0 aliphatic carbocycles. The number of amides is 1. The number of halogens is 3. The van der Waals surface area contributed by atoms with E-state index >= 15 is 0 Å². The zero-order valence-electron chi connectivity index (χ0n) is 18.5. The molecular formula is C25H25F3N2O3. The molecular weight excluding hydrogens is 433 g/mol. The van der Waals surface area contributed by atoms with Gasteiger partial charge in [-0.3, -0.25) is 4.79 Å². The van der Waals surface area contributed by atoms with Gasteiger partial charge in [0.15, 0.2) is 0 Å². The molecule has 5 nitrogen and oxygen atoms in total. The van der Waals surface area contributed by atoms with Crippen molar-refractivity contribution in [3.63, 3.8) is 0 Å². The minimum Gasteiger partial charge on any atom is -0.450 e. The average Bonchev–Trinajstić information content (AvgIpc) is 3.03. The Morgan fingerprint density at radius 2 is 1.76 bits per heavy atom. The molecule has 2 heterocycles. The molecule has 2 aromatic rings. The fourth-order valence-corrected chi connectivity index (χ4v) is 4.52. The van der Waals surface area contributed by atoms with E-state index in [-0.39, 0.29) is 0 Å². The lowest BCUT2D eigenvalue weighted by molar-refractivity contribution is -0.150. The Bertz CT molecular complexity index is 1100. The van der Waals surface area contributed by atoms with E-state index in [2.05, 4.69) is 17.1 Å². The van der Waals surface area contributed by atoms with Crippen molar-refractivity contribution in [1.29, 1.82) is 0 Å². The summed E-state index contributed by atoms with van der Waals surface area (Å²) in [6, 6.07) is 11.7. The SMILES string of the molecule is CCN1CCC2(CC1)OC(=O)C(C)=C2C(=O)Nc1ccc(-c2cccc(C(F)(F)F)c2)cc1. The Morgan fingerprint density at radius 1 is 1.09 bits per heavy atom. The third kappa shape index (κ3) is 4.53. The van der Waals surface area contributed by atoms with E-state index in [0.29, 0.717) is 40.8 Å². The highest BCUT2D eigenvalue weighted by atomic mass is 19.4. The van der Waals surface area contributed by atoms with Crippen molar-refractivity contribution in [3.8, 4) is 11.1 Å². The van der Waals surface area contributed by atoms with E-state index in [1.54, 1.807) is 37.3 Å². The topological polar surface area (TPSA) is 58.6 Å². The molecule has 1 saturated heterocycles. The van der Waals surface area contributed by atoms with Crippen LogP contribution in [0.15, 0.2) is 59.7 Å². The van der Waals surface area contributed by atoms with Crippen LogP contribution in [-0.2, 0) is 20.5 Å². The standard InChI is InChI=1S/C25H25F3N2O3/c1-3-30-13-11-24(12-14-30)21(16(2)23(32)33-24)22(31)29-20-9-7-17(8-10-20)18-5-4-6-19(15-18)25(26,27)28/h4-10,15H,3,11-14H2,1-2H3,(H,29,31). The molecule has 2 aliphatic heterocycles. The molecule has 2 aromatic carbocycles. The fourth-order valence-electron chi connectivity index (χ4n) is 4.52. The van der Waals surface area contributed by atoms with Crippen molar-refractivity contribution >= 4 is 17.6 Å². The van der Waals surface area contributed by atoms with E-state index in [1.807, 2.05) is 0 Å². The molecule has 0 unspecified atom stereocenters. The molecule has 1 amide bonds. The van der Waals surface area contributed by atoms with Crippen LogP contribution in [0.2, 0.25) is 0 Å². The zero-order chi connectivity index (χ0) is 23.8. The number of anilines is 1. The number of carbonyl (C=O) groups is 2. The molecule has 2 aliphatic rings. The van der Waals surface area contributed by atoms with Crippen LogP contribution in [0.5, 0.6) is 0 Å². The van der Waals surface area contributed by atoms with Gasteiger partial charge in [0.1, 0.15) is 5.60 Å². The van der Waals surface area contributed by atoms with Gasteiger partial charge in [0.05, 0.1) is 11.1 Å². The first-order valence-corrected chi connectivity index (χ1v) is 10.9. The molecule has 33 heavy (non-hydrogen) atoms. The third-order valence-electron chi connectivity index (χ3n) is 6.43. The minimum atomic E-state index is -4.42. The van der Waals surface area contributed by atoms with E-state index < -0.39 is 29.2 Å². The molecule has 0 aromatic heterocycles. The Kier molecular flexibility index (Phi) is 6.05. The van der Waals surface area contributed by atoms with E-state index in [9.17, 15) is 22.8 Å². The van der Waals surface area contributed by atoms with Crippen LogP contribution in [0.1, 0.15) is 32.3 Å². The number of hydrogen-bond acceptors (Lipinski definition) is 4. The predicted molar refractivity (Wildman–Crippen MR) is 118 cm³/mol. The van der Waals surface area contributed by atoms with Crippen LogP contribution in [0, 0.1) is 0 Å². The Balaban J connectivity index is 1.52. The van der Waals surface area contributed by atoms with Gasteiger partial charge in [-0.1, -0.05) is 31.2 Å². The quantitative estimate of drug-likeness (QED) is 0.653. The first kappa shape index (κ1) is 23.0. The van der Waals surface area contributed by atoms with Gasteiger partial charge in [0.2, 0.25) is 0 Å². The van der Waals surface area contributed by atoms with E-state index in [0.717, 1.165) is 31.8 Å². The molecule has 8 heteroatoms. The molecule has 4 rings (SSSR count). The zero-order valence-corrected chi connectivity index (χ0v) is 18.5. The van der Waals surface area contributed by atoms with Crippen LogP contribution in [0.25, 0.3) is 11.1 Å². The van der Waals surface area contributed by atoms with Crippen LogP contribution in [0.4, 0.5) is 18.9 Å². The first-order chi connectivity index (χ1) is 15.6. The van der Waals surface area contributed by atoms with Gasteiger partial charge in [0, 0.05) is 37.2 Å². The lowest BCUT2D eigenvalue weighted by Crippen LogP contribution is -2.47. The van der Waals surface area contributed by atoms with Gasteiger partial charge in [-0.15, -0.1) is 0 Å². The summed E-state index contributed by atoms with van der Waals surface area (Å²) in [7, 11) is 0. The van der Waals surface area contributed by atoms with Crippen LogP contribution in [-0.4, -0.2) is 42.0 Å². The van der Waals surface area contributed by atoms with Crippen molar-refractivity contribution in [1.82, 2.24) is 4.90 Å². The maximum absolute atomic E-state index is 13.2. The lowest BCUT2D eigenvalue weighted by Gasteiger charge is -2.38. The van der Waals surface area contributed by atoms with E-state index in [1.165, 1.54) is 6.07 Å². The minimum absolute atomic E-state index is 0.318. The summed E-state index contributed by atoms with van der Waals surface area (Å²) in [4.78, 5) is 27.7. The summed E-state index contributed by atoms with van der Waals surface area (Å²) < 4.78 is 44.7. The molecule has 1 fully saturated rings. The Labute approximate surface area is 190 Å². The van der Waals surface area contributed by atoms with E-state index in [4.69, 9.17) is 4.74 Å². The van der Waals surface area contributed by atoms with Gasteiger partial charge in [-0.2, -0.15) is 13.2 Å². The summed E-state index contributed by atoms with van der Waals surface area (Å²) in [6.07, 6.45) is -3.30. The highest BCUT2D eigenvalue weighted by Crippen LogP contribution is 2.41. The third-order valence-corrected chi connectivity index (χ3v) is 6.43. The summed E-state index contributed by atoms with van der Waals surface area (Å²) >= 11 is 0. The maximum Gasteiger partial charge on any atom is 0.416 e. The van der Waals surface area contributed by atoms with Crippen LogP contribution >= 0.6 is 0 Å². The summed E-state index contributed by atoms with van der Waals surface area (Å²) in [6.45, 7) is 6.04. The van der Waals surface area contributed by atoms with Crippen LogP contribution in [0.3, 0.4) is 0 Å². The number of piperidine rings is 1. The summed E-state index contributed by atoms with van der Waals surface area (Å²) in [5.41, 5.74) is 0.564. The molecule has 174 valence electrons. The van der Waals surface area contributed by atoms with Crippen molar-refractivity contribution in [2.24, 2.45) is 0 Å². The number of alkyl halides is 3. The second-order valence-corrected chi connectivity index (χ2v) is 8.43. The highest BCUT2D eigenvalue weighted by Gasteiger charge is 2.50. The second-order valence-electron chi connectivity index (χ2n) is 8.43. The van der Waals surface area contributed by atoms with Gasteiger partial charge in [-0.05, 0) is 48.9 Å². The number of carbonyl (C=O) groups excluding carboxylic acids is 2. The number of nitrogens with one attached hydrogen (secondary N) is 1. The second kappa shape index (κ2) is 8.67. The lowest BCUT2D eigenvalue weighted by atomic mass is 9.82. The smallest absolute Gasteiger partial charge is 0.416 e. The number of hydrogen-bond donors (Lipinski definition) is 1. The van der Waals surface area contributed by atoms with Crippen LogP contribution < -0.4 is 5.32 Å².